The molecular weight excluding hydrogens is 208 g/mol. The van der Waals surface area contributed by atoms with Crippen molar-refractivity contribution in [2.24, 2.45) is 0 Å². The van der Waals surface area contributed by atoms with Gasteiger partial charge in [-0.15, -0.1) is 0 Å². The molecule has 1 nitrogen and oxygen atoms in total. The van der Waals surface area contributed by atoms with Gasteiger partial charge < -0.3 is 4.74 Å². The van der Waals surface area contributed by atoms with Crippen molar-refractivity contribution < 1.29 is 4.74 Å². The highest BCUT2D eigenvalue weighted by molar-refractivity contribution is 5.64. The van der Waals surface area contributed by atoms with Crippen LogP contribution in [-0.4, -0.2) is 7.11 Å². The van der Waals surface area contributed by atoms with Crippen molar-refractivity contribution in [3.63, 3.8) is 0 Å². The number of benzene rings is 2. The van der Waals surface area contributed by atoms with Crippen LogP contribution in [0.1, 0.15) is 25.3 Å². The van der Waals surface area contributed by atoms with Crippen LogP contribution in [-0.2, 0) is 0 Å². The lowest BCUT2D eigenvalue weighted by atomic mass is 9.99. The molecule has 0 N–H and O–H groups in total. The summed E-state index contributed by atoms with van der Waals surface area (Å²) in [5.41, 5.74) is 3.60. The third-order valence-electron chi connectivity index (χ3n) is 2.90. The van der Waals surface area contributed by atoms with E-state index in [1.807, 2.05) is 18.2 Å². The van der Waals surface area contributed by atoms with Crippen LogP contribution in [0.3, 0.4) is 0 Å². The van der Waals surface area contributed by atoms with Crippen molar-refractivity contribution in [2.45, 2.75) is 19.8 Å². The average molecular weight is 225 g/mol. The van der Waals surface area contributed by atoms with E-state index in [2.05, 4.69) is 44.2 Å². The molecule has 0 aliphatic heterocycles. The van der Waals surface area contributed by atoms with Crippen molar-refractivity contribution in [1.82, 2.24) is 0 Å². The molecule has 1 heteroatoms. The molecule has 0 atom stereocenters. The first kappa shape index (κ1) is 11.7. The lowest BCUT2D eigenvalue weighted by molar-refractivity contribution is 0.415. The van der Waals surface area contributed by atoms with Gasteiger partial charge in [0, 0.05) is 0 Å². The second kappa shape index (κ2) is 5.05. The van der Waals surface area contributed by atoms with Crippen molar-refractivity contribution in [3.05, 3.63) is 54.1 Å². The summed E-state index contributed by atoms with van der Waals surface area (Å²) in [6, 6.07) is 17.7. The molecule has 0 bridgehead atoms. The van der Waals surface area contributed by atoms with Gasteiger partial charge in [-0.2, -0.15) is 0 Å². The summed E-state index contributed by atoms with van der Waals surface area (Å²) in [5, 5.41) is 0. The summed E-state index contributed by atoms with van der Waals surface area (Å²) in [4.78, 5) is 0. The number of hydrogen-bond donors (Lipinski definition) is 0. The second-order valence-corrected chi connectivity index (χ2v) is 4.42. The first-order valence-electron chi connectivity index (χ1n) is 5.87. The highest BCUT2D eigenvalue weighted by atomic mass is 16.5. The zero-order valence-electron chi connectivity index (χ0n) is 10.5. The lowest BCUT2D eigenvalue weighted by Gasteiger charge is -2.08. The van der Waals surface area contributed by atoms with Gasteiger partial charge in [-0.3, -0.25) is 0 Å². The summed E-state index contributed by atoms with van der Waals surface area (Å²) in [6.45, 7) is 4.40. The maximum Gasteiger partial charge on any atom is 0.119 e. The summed E-state index contributed by atoms with van der Waals surface area (Å²) in [5.74, 6) is 1.44. The van der Waals surface area contributed by atoms with Gasteiger partial charge in [-0.1, -0.05) is 44.2 Å². The van der Waals surface area contributed by atoms with Gasteiger partial charge in [0.2, 0.25) is 0 Å². The Balaban J connectivity index is 2.32. The Morgan fingerprint density at radius 3 is 2.35 bits per heavy atom. The third kappa shape index (κ3) is 2.68. The molecule has 87 valence electrons. The Morgan fingerprint density at radius 2 is 1.76 bits per heavy atom. The molecule has 0 unspecified atom stereocenters. The molecule has 0 aliphatic rings. The summed E-state index contributed by atoms with van der Waals surface area (Å²) in [7, 11) is 1.68. The predicted octanol–water partition coefficient (Wildman–Crippen LogP) is 4.29. The Morgan fingerprint density at radius 1 is 1.06 bits per heavy atom. The molecule has 0 saturated heterocycles. The maximum atomic E-state index is 5.22. The highest BCUT2D eigenvalue weighted by Gasteiger charge is 2.02. The molecule has 2 aromatic carbocycles. The van der Waals surface area contributed by atoms with E-state index in [0.29, 0.717) is 5.92 Å². The predicted molar refractivity (Wildman–Crippen MR) is 71.4 cm³/mol. The molecule has 1 radical (unpaired) electrons. The van der Waals surface area contributed by atoms with Gasteiger partial charge in [0.25, 0.3) is 0 Å². The van der Waals surface area contributed by atoms with E-state index >= 15 is 0 Å². The SMILES string of the molecule is COc1cc[c]c(-c2ccc(C(C)C)cc2)c1. The zero-order valence-corrected chi connectivity index (χ0v) is 10.5. The van der Waals surface area contributed by atoms with E-state index in [1.54, 1.807) is 7.11 Å². The van der Waals surface area contributed by atoms with Crippen LogP contribution >= 0.6 is 0 Å². The summed E-state index contributed by atoms with van der Waals surface area (Å²) >= 11 is 0. The molecule has 0 aromatic heterocycles. The minimum atomic E-state index is 0.568. The summed E-state index contributed by atoms with van der Waals surface area (Å²) < 4.78 is 5.22. The van der Waals surface area contributed by atoms with E-state index < -0.39 is 0 Å². The largest absolute Gasteiger partial charge is 0.497 e. The van der Waals surface area contributed by atoms with Crippen LogP contribution in [0, 0.1) is 6.07 Å². The van der Waals surface area contributed by atoms with E-state index in [4.69, 9.17) is 4.74 Å². The molecule has 0 aliphatic carbocycles. The van der Waals surface area contributed by atoms with E-state index in [1.165, 1.54) is 11.1 Å². The average Bonchev–Trinajstić information content (AvgIpc) is 2.39. The van der Waals surface area contributed by atoms with Crippen LogP contribution < -0.4 is 4.74 Å². The minimum Gasteiger partial charge on any atom is -0.497 e. The maximum absolute atomic E-state index is 5.22. The fourth-order valence-corrected chi connectivity index (χ4v) is 1.79. The van der Waals surface area contributed by atoms with Gasteiger partial charge in [-0.25, -0.2) is 0 Å². The monoisotopic (exact) mass is 225 g/mol. The van der Waals surface area contributed by atoms with E-state index in [-0.39, 0.29) is 0 Å². The summed E-state index contributed by atoms with van der Waals surface area (Å²) in [6.07, 6.45) is 0. The lowest BCUT2D eigenvalue weighted by Crippen LogP contribution is -1.87. The van der Waals surface area contributed by atoms with Gasteiger partial charge in [0.1, 0.15) is 5.75 Å². The Labute approximate surface area is 103 Å². The van der Waals surface area contributed by atoms with E-state index in [0.717, 1.165) is 11.3 Å². The van der Waals surface area contributed by atoms with Crippen LogP contribution in [0.5, 0.6) is 5.75 Å². The number of hydrogen-bond acceptors (Lipinski definition) is 1. The van der Waals surface area contributed by atoms with Crippen LogP contribution in [0.2, 0.25) is 0 Å². The zero-order chi connectivity index (χ0) is 12.3. The van der Waals surface area contributed by atoms with Gasteiger partial charge in [-0.05, 0) is 40.8 Å². The van der Waals surface area contributed by atoms with Crippen LogP contribution in [0.4, 0.5) is 0 Å². The minimum absolute atomic E-state index is 0.568. The second-order valence-electron chi connectivity index (χ2n) is 4.42. The molecule has 0 spiro atoms. The first-order chi connectivity index (χ1) is 8.20. The molecule has 0 heterocycles. The quantitative estimate of drug-likeness (QED) is 0.757. The normalized spacial score (nSPS) is 10.6. The van der Waals surface area contributed by atoms with Crippen molar-refractivity contribution in [1.29, 1.82) is 0 Å². The number of methoxy groups -OCH3 is 1. The number of ether oxygens (including phenoxy) is 1. The molecule has 2 rings (SSSR count). The van der Waals surface area contributed by atoms with Crippen LogP contribution in [0.25, 0.3) is 11.1 Å². The van der Waals surface area contributed by atoms with Gasteiger partial charge in [0.05, 0.1) is 7.11 Å². The first-order valence-corrected chi connectivity index (χ1v) is 5.87. The molecule has 0 saturated carbocycles. The Kier molecular flexibility index (Phi) is 3.48. The molecule has 0 fully saturated rings. The van der Waals surface area contributed by atoms with Crippen molar-refractivity contribution in [2.75, 3.05) is 7.11 Å². The topological polar surface area (TPSA) is 9.23 Å². The van der Waals surface area contributed by atoms with Gasteiger partial charge in [0.15, 0.2) is 0 Å². The fourth-order valence-electron chi connectivity index (χ4n) is 1.79. The van der Waals surface area contributed by atoms with E-state index in [9.17, 15) is 0 Å². The Hall–Kier alpha value is -1.76. The Bertz CT molecular complexity index is 483. The highest BCUT2D eigenvalue weighted by Crippen LogP contribution is 2.25. The molecule has 17 heavy (non-hydrogen) atoms. The van der Waals surface area contributed by atoms with Crippen molar-refractivity contribution in [3.8, 4) is 16.9 Å². The molecule has 0 amide bonds. The number of rotatable bonds is 3. The standard InChI is InChI=1S/C16H17O/c1-12(2)13-7-9-14(10-8-13)15-5-4-6-16(11-15)17-3/h4,6-12H,1-3H3. The molecular formula is C16H17O. The third-order valence-corrected chi connectivity index (χ3v) is 2.90. The van der Waals surface area contributed by atoms with Crippen molar-refractivity contribution >= 4 is 0 Å². The fraction of sp³-hybridized carbons (Fsp3) is 0.250. The molecule has 2 aromatic rings. The smallest absolute Gasteiger partial charge is 0.119 e. The van der Waals surface area contributed by atoms with Gasteiger partial charge >= 0.3 is 0 Å². The van der Waals surface area contributed by atoms with Crippen LogP contribution in [0.15, 0.2) is 42.5 Å².